The van der Waals surface area contributed by atoms with E-state index >= 15 is 0 Å². The van der Waals surface area contributed by atoms with Gasteiger partial charge in [0.15, 0.2) is 0 Å². The number of benzene rings is 1. The Hall–Kier alpha value is -0.210. The van der Waals surface area contributed by atoms with Gasteiger partial charge in [-0.05, 0) is 41.9 Å². The molecular formula is C10H13BrClFN2O2S. The summed E-state index contributed by atoms with van der Waals surface area (Å²) in [5, 5.41) is -0.192. The first kappa shape index (κ1) is 15.8. The third-order valence-corrected chi connectivity index (χ3v) is 5.25. The van der Waals surface area contributed by atoms with E-state index in [2.05, 4.69) is 20.7 Å². The number of nitrogens with one attached hydrogen (secondary N) is 1. The molecular weight excluding hydrogens is 347 g/mol. The second-order valence-corrected chi connectivity index (χ2v) is 7.27. The van der Waals surface area contributed by atoms with E-state index in [9.17, 15) is 12.8 Å². The van der Waals surface area contributed by atoms with Crippen LogP contribution in [0, 0.1) is 5.82 Å². The lowest BCUT2D eigenvalue weighted by Crippen LogP contribution is -2.48. The summed E-state index contributed by atoms with van der Waals surface area (Å²) in [6.45, 7) is 3.38. The largest absolute Gasteiger partial charge is 0.329 e. The Bertz CT molecular complexity index is 540. The van der Waals surface area contributed by atoms with Crippen LogP contribution in [0.5, 0.6) is 0 Å². The highest BCUT2D eigenvalue weighted by molar-refractivity contribution is 9.10. The molecule has 0 heterocycles. The lowest BCUT2D eigenvalue weighted by atomic mass is 10.1. The Kier molecular flexibility index (Phi) is 4.77. The summed E-state index contributed by atoms with van der Waals surface area (Å²) in [4.78, 5) is -0.202. The number of rotatable bonds is 4. The van der Waals surface area contributed by atoms with E-state index in [0.717, 1.165) is 12.1 Å². The van der Waals surface area contributed by atoms with Crippen molar-refractivity contribution in [2.75, 3.05) is 6.54 Å². The Labute approximate surface area is 119 Å². The first-order valence-electron chi connectivity index (χ1n) is 4.98. The maximum absolute atomic E-state index is 13.1. The van der Waals surface area contributed by atoms with Crippen LogP contribution in [0.3, 0.4) is 0 Å². The van der Waals surface area contributed by atoms with Crippen LogP contribution in [0.1, 0.15) is 13.8 Å². The van der Waals surface area contributed by atoms with E-state index in [4.69, 9.17) is 17.3 Å². The molecule has 0 aliphatic heterocycles. The SMILES string of the molecule is CC(C)(CN)NS(=O)(=O)c1c(Cl)cc(F)cc1Br. The van der Waals surface area contributed by atoms with E-state index in [-0.39, 0.29) is 20.9 Å². The van der Waals surface area contributed by atoms with Crippen molar-refractivity contribution < 1.29 is 12.8 Å². The van der Waals surface area contributed by atoms with Crippen molar-refractivity contribution in [2.45, 2.75) is 24.3 Å². The molecule has 0 amide bonds. The van der Waals surface area contributed by atoms with E-state index in [0.29, 0.717) is 0 Å². The highest BCUT2D eigenvalue weighted by atomic mass is 79.9. The number of nitrogens with two attached hydrogens (primary N) is 1. The van der Waals surface area contributed by atoms with Crippen molar-refractivity contribution in [1.29, 1.82) is 0 Å². The van der Waals surface area contributed by atoms with Crippen LogP contribution in [0.4, 0.5) is 4.39 Å². The Morgan fingerprint density at radius 2 is 2.06 bits per heavy atom. The average Bonchev–Trinajstić information content (AvgIpc) is 2.13. The predicted octanol–water partition coefficient (Wildman–Crippen LogP) is 2.26. The zero-order valence-corrected chi connectivity index (χ0v) is 13.0. The van der Waals surface area contributed by atoms with Gasteiger partial charge in [-0.3, -0.25) is 0 Å². The molecule has 1 rings (SSSR count). The summed E-state index contributed by atoms with van der Waals surface area (Å²) in [7, 11) is -3.88. The molecule has 18 heavy (non-hydrogen) atoms. The molecule has 0 unspecified atom stereocenters. The van der Waals surface area contributed by atoms with E-state index in [1.807, 2.05) is 0 Å². The van der Waals surface area contributed by atoms with Crippen LogP contribution in [0.25, 0.3) is 0 Å². The monoisotopic (exact) mass is 358 g/mol. The molecule has 4 nitrogen and oxygen atoms in total. The minimum absolute atomic E-state index is 0.0628. The van der Waals surface area contributed by atoms with Gasteiger partial charge in [-0.25, -0.2) is 17.5 Å². The Morgan fingerprint density at radius 1 is 1.50 bits per heavy atom. The molecule has 0 aromatic heterocycles. The molecule has 0 aliphatic carbocycles. The van der Waals surface area contributed by atoms with Crippen molar-refractivity contribution in [3.05, 3.63) is 27.4 Å². The average molecular weight is 360 g/mol. The van der Waals surface area contributed by atoms with Gasteiger partial charge in [-0.15, -0.1) is 0 Å². The number of sulfonamides is 1. The van der Waals surface area contributed by atoms with Gasteiger partial charge in [0, 0.05) is 16.6 Å². The van der Waals surface area contributed by atoms with Crippen molar-refractivity contribution in [2.24, 2.45) is 5.73 Å². The Balaban J connectivity index is 3.30. The minimum Gasteiger partial charge on any atom is -0.329 e. The normalized spacial score (nSPS) is 12.8. The van der Waals surface area contributed by atoms with Crippen molar-refractivity contribution in [3.63, 3.8) is 0 Å². The molecule has 0 aliphatic rings. The molecule has 0 saturated carbocycles. The molecule has 102 valence electrons. The second kappa shape index (κ2) is 5.42. The maximum Gasteiger partial charge on any atom is 0.243 e. The van der Waals surface area contributed by atoms with E-state index in [1.54, 1.807) is 13.8 Å². The first-order valence-corrected chi connectivity index (χ1v) is 7.63. The minimum atomic E-state index is -3.88. The predicted molar refractivity (Wildman–Crippen MR) is 72.6 cm³/mol. The summed E-state index contributed by atoms with van der Waals surface area (Å²) < 4.78 is 39.8. The van der Waals surface area contributed by atoms with Gasteiger partial charge in [0.2, 0.25) is 10.0 Å². The van der Waals surface area contributed by atoms with E-state index in [1.165, 1.54) is 0 Å². The van der Waals surface area contributed by atoms with Gasteiger partial charge >= 0.3 is 0 Å². The summed E-state index contributed by atoms with van der Waals surface area (Å²) >= 11 is 8.76. The third-order valence-electron chi connectivity index (χ3n) is 2.15. The summed E-state index contributed by atoms with van der Waals surface area (Å²) in [6.07, 6.45) is 0. The van der Waals surface area contributed by atoms with Crippen molar-refractivity contribution >= 4 is 37.6 Å². The lowest BCUT2D eigenvalue weighted by Gasteiger charge is -2.24. The van der Waals surface area contributed by atoms with Gasteiger partial charge in [-0.2, -0.15) is 0 Å². The molecule has 0 fully saturated rings. The summed E-state index contributed by atoms with van der Waals surface area (Å²) in [6, 6.07) is 1.98. The molecule has 0 saturated heterocycles. The molecule has 8 heteroatoms. The first-order chi connectivity index (χ1) is 8.09. The molecule has 0 atom stereocenters. The molecule has 0 bridgehead atoms. The number of halogens is 3. The van der Waals surface area contributed by atoms with Crippen LogP contribution < -0.4 is 10.5 Å². The third kappa shape index (κ3) is 3.64. The smallest absolute Gasteiger partial charge is 0.243 e. The molecule has 1 aromatic rings. The fraction of sp³-hybridized carbons (Fsp3) is 0.400. The molecule has 1 aromatic carbocycles. The van der Waals surface area contributed by atoms with Gasteiger partial charge < -0.3 is 5.73 Å². The van der Waals surface area contributed by atoms with Crippen LogP contribution in [0.15, 0.2) is 21.5 Å². The second-order valence-electron chi connectivity index (χ2n) is 4.39. The Morgan fingerprint density at radius 3 is 2.50 bits per heavy atom. The van der Waals surface area contributed by atoms with Crippen LogP contribution in [0.2, 0.25) is 5.02 Å². The fourth-order valence-corrected chi connectivity index (χ4v) is 4.48. The molecule has 3 N–H and O–H groups in total. The number of hydrogen-bond acceptors (Lipinski definition) is 3. The van der Waals surface area contributed by atoms with Crippen molar-refractivity contribution in [3.8, 4) is 0 Å². The standard InChI is InChI=1S/C10H13BrClFN2O2S/c1-10(2,5-14)15-18(16,17)9-7(11)3-6(13)4-8(9)12/h3-4,15H,5,14H2,1-2H3. The van der Waals surface area contributed by atoms with Crippen LogP contribution in [-0.4, -0.2) is 20.5 Å². The summed E-state index contributed by atoms with van der Waals surface area (Å²) in [5.41, 5.74) is 4.64. The van der Waals surface area contributed by atoms with Crippen LogP contribution >= 0.6 is 27.5 Å². The van der Waals surface area contributed by atoms with Gasteiger partial charge in [0.05, 0.1) is 5.02 Å². The highest BCUT2D eigenvalue weighted by Crippen LogP contribution is 2.31. The fourth-order valence-electron chi connectivity index (χ4n) is 1.24. The highest BCUT2D eigenvalue weighted by Gasteiger charge is 2.28. The van der Waals surface area contributed by atoms with Gasteiger partial charge in [0.1, 0.15) is 10.7 Å². The quantitative estimate of drug-likeness (QED) is 0.866. The maximum atomic E-state index is 13.1. The molecule has 0 radical (unpaired) electrons. The zero-order chi connectivity index (χ0) is 14.1. The summed E-state index contributed by atoms with van der Waals surface area (Å²) in [5.74, 6) is -0.621. The van der Waals surface area contributed by atoms with Gasteiger partial charge in [-0.1, -0.05) is 11.6 Å². The van der Waals surface area contributed by atoms with Crippen LogP contribution in [-0.2, 0) is 10.0 Å². The number of hydrogen-bond donors (Lipinski definition) is 2. The lowest BCUT2D eigenvalue weighted by molar-refractivity contribution is 0.462. The van der Waals surface area contributed by atoms with E-state index < -0.39 is 21.4 Å². The van der Waals surface area contributed by atoms with Crippen molar-refractivity contribution in [1.82, 2.24) is 4.72 Å². The topological polar surface area (TPSA) is 72.2 Å². The van der Waals surface area contributed by atoms with Gasteiger partial charge in [0.25, 0.3) is 0 Å². The molecule has 0 spiro atoms. The zero-order valence-electron chi connectivity index (χ0n) is 9.80.